The maximum absolute atomic E-state index is 12.5. The first-order chi connectivity index (χ1) is 8.95. The molecule has 4 heteroatoms. The minimum Gasteiger partial charge on any atom is -0.341 e. The fourth-order valence-corrected chi connectivity index (χ4v) is 3.41. The van der Waals surface area contributed by atoms with E-state index < -0.39 is 5.54 Å². The van der Waals surface area contributed by atoms with Gasteiger partial charge in [0.2, 0.25) is 0 Å². The van der Waals surface area contributed by atoms with E-state index in [1.807, 2.05) is 0 Å². The Balaban J connectivity index is 2.18. The Labute approximate surface area is 116 Å². The first-order valence-electron chi connectivity index (χ1n) is 7.60. The Kier molecular flexibility index (Phi) is 4.16. The standard InChI is InChI=1S/C15H27N3O/c1-10(2)9-16-14-17-13(19)15(18-14)8-6-5-7-12(15)11(3)4/h10-12H,5-9H2,1-4H3,(H2,16,17,18,19). The average molecular weight is 265 g/mol. The van der Waals surface area contributed by atoms with E-state index in [-0.39, 0.29) is 5.91 Å². The van der Waals surface area contributed by atoms with E-state index in [2.05, 4.69) is 43.3 Å². The minimum atomic E-state index is -0.401. The van der Waals surface area contributed by atoms with Crippen molar-refractivity contribution < 1.29 is 4.79 Å². The fraction of sp³-hybridized carbons (Fsp3) is 0.867. The van der Waals surface area contributed by atoms with Crippen molar-refractivity contribution in [2.24, 2.45) is 22.7 Å². The lowest BCUT2D eigenvalue weighted by atomic mass is 9.68. The first-order valence-corrected chi connectivity index (χ1v) is 7.60. The average Bonchev–Trinajstić information content (AvgIpc) is 2.64. The van der Waals surface area contributed by atoms with Crippen LogP contribution in [0.4, 0.5) is 0 Å². The normalized spacial score (nSPS) is 33.3. The van der Waals surface area contributed by atoms with Crippen molar-refractivity contribution in [1.29, 1.82) is 0 Å². The molecule has 0 aromatic rings. The SMILES string of the molecule is CC(C)CN=C1NC(=O)C2(CCCCC2C(C)C)N1. The van der Waals surface area contributed by atoms with E-state index in [4.69, 9.17) is 0 Å². The van der Waals surface area contributed by atoms with Crippen molar-refractivity contribution in [1.82, 2.24) is 10.6 Å². The molecule has 108 valence electrons. The van der Waals surface area contributed by atoms with E-state index in [1.165, 1.54) is 6.42 Å². The number of carbonyl (C=O) groups excluding carboxylic acids is 1. The maximum Gasteiger partial charge on any atom is 0.252 e. The highest BCUT2D eigenvalue weighted by atomic mass is 16.2. The molecule has 1 spiro atoms. The van der Waals surface area contributed by atoms with Crippen LogP contribution in [0.3, 0.4) is 0 Å². The second-order valence-electron chi connectivity index (χ2n) is 6.73. The lowest BCUT2D eigenvalue weighted by Crippen LogP contribution is -2.56. The zero-order valence-corrected chi connectivity index (χ0v) is 12.6. The van der Waals surface area contributed by atoms with Crippen molar-refractivity contribution in [3.05, 3.63) is 0 Å². The Morgan fingerprint density at radius 2 is 2.05 bits per heavy atom. The molecule has 0 aromatic carbocycles. The van der Waals surface area contributed by atoms with Crippen LogP contribution in [0.15, 0.2) is 4.99 Å². The maximum atomic E-state index is 12.5. The van der Waals surface area contributed by atoms with Crippen molar-refractivity contribution in [2.75, 3.05) is 6.54 Å². The van der Waals surface area contributed by atoms with E-state index in [1.54, 1.807) is 0 Å². The lowest BCUT2D eigenvalue weighted by Gasteiger charge is -2.41. The number of rotatable bonds is 3. The fourth-order valence-electron chi connectivity index (χ4n) is 3.41. The molecule has 1 amide bonds. The van der Waals surface area contributed by atoms with Crippen molar-refractivity contribution >= 4 is 11.9 Å². The highest BCUT2D eigenvalue weighted by Crippen LogP contribution is 2.40. The largest absolute Gasteiger partial charge is 0.341 e. The monoisotopic (exact) mass is 265 g/mol. The Morgan fingerprint density at radius 3 is 2.68 bits per heavy atom. The molecule has 4 nitrogen and oxygen atoms in total. The third-order valence-electron chi connectivity index (χ3n) is 4.37. The smallest absolute Gasteiger partial charge is 0.252 e. The van der Waals surface area contributed by atoms with Gasteiger partial charge in [-0.2, -0.15) is 0 Å². The lowest BCUT2D eigenvalue weighted by molar-refractivity contribution is -0.128. The summed E-state index contributed by atoms with van der Waals surface area (Å²) in [6.07, 6.45) is 4.43. The van der Waals surface area contributed by atoms with Crippen LogP contribution in [0.2, 0.25) is 0 Å². The van der Waals surface area contributed by atoms with Gasteiger partial charge in [0.1, 0.15) is 5.54 Å². The number of amides is 1. The molecule has 0 bridgehead atoms. The van der Waals surface area contributed by atoms with E-state index in [0.717, 1.165) is 25.8 Å². The van der Waals surface area contributed by atoms with E-state index in [9.17, 15) is 4.79 Å². The van der Waals surface area contributed by atoms with Gasteiger partial charge in [0.25, 0.3) is 5.91 Å². The van der Waals surface area contributed by atoms with Crippen LogP contribution in [-0.2, 0) is 4.79 Å². The van der Waals surface area contributed by atoms with Crippen LogP contribution in [0.25, 0.3) is 0 Å². The summed E-state index contributed by atoms with van der Waals surface area (Å²) in [7, 11) is 0. The summed E-state index contributed by atoms with van der Waals surface area (Å²) in [5, 5.41) is 6.39. The quantitative estimate of drug-likeness (QED) is 0.822. The second-order valence-corrected chi connectivity index (χ2v) is 6.73. The third kappa shape index (κ3) is 2.77. The zero-order valence-electron chi connectivity index (χ0n) is 12.6. The predicted octanol–water partition coefficient (Wildman–Crippen LogP) is 2.30. The zero-order chi connectivity index (χ0) is 14.0. The molecule has 0 radical (unpaired) electrons. The summed E-state index contributed by atoms with van der Waals surface area (Å²) in [4.78, 5) is 17.0. The van der Waals surface area contributed by atoms with Crippen LogP contribution in [0.5, 0.6) is 0 Å². The molecular weight excluding hydrogens is 238 g/mol. The van der Waals surface area contributed by atoms with E-state index in [0.29, 0.717) is 23.7 Å². The van der Waals surface area contributed by atoms with Gasteiger partial charge in [-0.3, -0.25) is 15.1 Å². The van der Waals surface area contributed by atoms with Crippen LogP contribution in [0.1, 0.15) is 53.4 Å². The number of aliphatic imine (C=N–C) groups is 1. The number of hydrogen-bond donors (Lipinski definition) is 2. The summed E-state index contributed by atoms with van der Waals surface area (Å²) in [5.74, 6) is 2.26. The summed E-state index contributed by atoms with van der Waals surface area (Å²) in [6.45, 7) is 9.46. The van der Waals surface area contributed by atoms with Gasteiger partial charge < -0.3 is 5.32 Å². The number of nitrogens with one attached hydrogen (secondary N) is 2. The summed E-state index contributed by atoms with van der Waals surface area (Å²) in [5.41, 5.74) is -0.401. The molecule has 2 fully saturated rings. The third-order valence-corrected chi connectivity index (χ3v) is 4.37. The number of hydrogen-bond acceptors (Lipinski definition) is 2. The van der Waals surface area contributed by atoms with Gasteiger partial charge in [0.15, 0.2) is 5.96 Å². The van der Waals surface area contributed by atoms with Crippen LogP contribution in [-0.4, -0.2) is 24.0 Å². The predicted molar refractivity (Wildman–Crippen MR) is 77.9 cm³/mol. The molecule has 2 aliphatic rings. The van der Waals surface area contributed by atoms with Crippen molar-refractivity contribution in [3.8, 4) is 0 Å². The van der Waals surface area contributed by atoms with E-state index >= 15 is 0 Å². The molecule has 1 aliphatic carbocycles. The van der Waals surface area contributed by atoms with Crippen LogP contribution < -0.4 is 10.6 Å². The van der Waals surface area contributed by atoms with Gasteiger partial charge in [-0.1, -0.05) is 40.5 Å². The Hall–Kier alpha value is -1.06. The Morgan fingerprint density at radius 1 is 1.32 bits per heavy atom. The molecule has 1 saturated carbocycles. The highest BCUT2D eigenvalue weighted by molar-refractivity contribution is 6.09. The molecule has 2 unspecified atom stereocenters. The van der Waals surface area contributed by atoms with Gasteiger partial charge >= 0.3 is 0 Å². The van der Waals surface area contributed by atoms with Crippen LogP contribution >= 0.6 is 0 Å². The minimum absolute atomic E-state index is 0.133. The molecule has 1 heterocycles. The molecule has 1 aliphatic heterocycles. The molecule has 2 rings (SSSR count). The van der Waals surface area contributed by atoms with Gasteiger partial charge in [-0.15, -0.1) is 0 Å². The summed E-state index contributed by atoms with van der Waals surface area (Å²) in [6, 6.07) is 0. The molecule has 1 saturated heterocycles. The van der Waals surface area contributed by atoms with Gasteiger partial charge in [0.05, 0.1) is 0 Å². The first kappa shape index (κ1) is 14.4. The van der Waals surface area contributed by atoms with Gasteiger partial charge in [-0.05, 0) is 30.6 Å². The van der Waals surface area contributed by atoms with Crippen molar-refractivity contribution in [2.45, 2.75) is 58.9 Å². The number of carbonyl (C=O) groups is 1. The molecule has 0 aromatic heterocycles. The summed E-state index contributed by atoms with van der Waals surface area (Å²) >= 11 is 0. The summed E-state index contributed by atoms with van der Waals surface area (Å²) < 4.78 is 0. The molecule has 2 atom stereocenters. The number of nitrogens with zero attached hydrogens (tertiary/aromatic N) is 1. The topological polar surface area (TPSA) is 53.5 Å². The highest BCUT2D eigenvalue weighted by Gasteiger charge is 2.52. The molecule has 19 heavy (non-hydrogen) atoms. The number of guanidine groups is 1. The van der Waals surface area contributed by atoms with Crippen molar-refractivity contribution in [3.63, 3.8) is 0 Å². The van der Waals surface area contributed by atoms with Crippen LogP contribution in [0, 0.1) is 17.8 Å². The van der Waals surface area contributed by atoms with Gasteiger partial charge in [0, 0.05) is 6.54 Å². The Bertz CT molecular complexity index is 376. The second kappa shape index (κ2) is 5.51. The van der Waals surface area contributed by atoms with Gasteiger partial charge in [-0.25, -0.2) is 0 Å². The molecule has 2 N–H and O–H groups in total. The molecular formula is C15H27N3O.